The molecule has 0 saturated carbocycles. The van der Waals surface area contributed by atoms with E-state index in [1.165, 1.54) is 0 Å². The molecule has 1 aromatic carbocycles. The molecule has 0 radical (unpaired) electrons. The van der Waals surface area contributed by atoms with Crippen molar-refractivity contribution in [1.82, 2.24) is 4.98 Å². The predicted molar refractivity (Wildman–Crippen MR) is 69.5 cm³/mol. The second-order valence-electron chi connectivity index (χ2n) is 3.73. The Morgan fingerprint density at radius 3 is 3.00 bits per heavy atom. The molecule has 0 aliphatic heterocycles. The third-order valence-electron chi connectivity index (χ3n) is 2.47. The lowest BCUT2D eigenvalue weighted by molar-refractivity contribution is 1.15. The topological polar surface area (TPSA) is 38.9 Å². The molecular formula is C13H13ClN2. The fourth-order valence-electron chi connectivity index (χ4n) is 1.60. The van der Waals surface area contributed by atoms with Crippen molar-refractivity contribution >= 4 is 28.6 Å². The summed E-state index contributed by atoms with van der Waals surface area (Å²) in [6.07, 6.45) is 3.82. The van der Waals surface area contributed by atoms with Crippen LogP contribution in [0.1, 0.15) is 12.5 Å². The molecule has 2 aromatic rings. The molecular weight excluding hydrogens is 220 g/mol. The van der Waals surface area contributed by atoms with Crippen LogP contribution in [0.3, 0.4) is 0 Å². The lowest BCUT2D eigenvalue weighted by atomic mass is 10.1. The number of fused-ring (bicyclic) bond motifs is 1. The normalized spacial score (nSPS) is 12.1. The molecule has 0 amide bonds. The minimum absolute atomic E-state index is 0.553. The molecule has 0 aliphatic carbocycles. The van der Waals surface area contributed by atoms with Crippen molar-refractivity contribution in [3.8, 4) is 0 Å². The SMILES string of the molecule is C/C(=C/c1ccc(Cl)c2cccnc12)CN. The Morgan fingerprint density at radius 1 is 1.44 bits per heavy atom. The first kappa shape index (κ1) is 11.1. The maximum atomic E-state index is 6.11. The first-order chi connectivity index (χ1) is 7.72. The highest BCUT2D eigenvalue weighted by molar-refractivity contribution is 6.35. The van der Waals surface area contributed by atoms with Crippen LogP contribution < -0.4 is 5.73 Å². The van der Waals surface area contributed by atoms with E-state index in [9.17, 15) is 0 Å². The summed E-state index contributed by atoms with van der Waals surface area (Å²) in [5.41, 5.74) is 8.68. The summed E-state index contributed by atoms with van der Waals surface area (Å²) < 4.78 is 0. The fraction of sp³-hybridized carbons (Fsp3) is 0.154. The second-order valence-corrected chi connectivity index (χ2v) is 4.14. The first-order valence-electron chi connectivity index (χ1n) is 5.13. The number of nitrogens with zero attached hydrogens (tertiary/aromatic N) is 1. The fourth-order valence-corrected chi connectivity index (χ4v) is 1.82. The van der Waals surface area contributed by atoms with Gasteiger partial charge < -0.3 is 5.73 Å². The highest BCUT2D eigenvalue weighted by Crippen LogP contribution is 2.25. The van der Waals surface area contributed by atoms with Crippen LogP contribution in [0.2, 0.25) is 5.02 Å². The molecule has 0 saturated heterocycles. The van der Waals surface area contributed by atoms with Crippen LogP contribution in [0.25, 0.3) is 17.0 Å². The summed E-state index contributed by atoms with van der Waals surface area (Å²) in [6.45, 7) is 2.56. The van der Waals surface area contributed by atoms with Gasteiger partial charge in [-0.3, -0.25) is 4.98 Å². The van der Waals surface area contributed by atoms with Gasteiger partial charge in [0.2, 0.25) is 0 Å². The molecule has 0 bridgehead atoms. The Kier molecular flexibility index (Phi) is 3.22. The van der Waals surface area contributed by atoms with Gasteiger partial charge in [0, 0.05) is 23.7 Å². The lowest BCUT2D eigenvalue weighted by Gasteiger charge is -2.04. The van der Waals surface area contributed by atoms with Crippen LogP contribution >= 0.6 is 11.6 Å². The Hall–Kier alpha value is -1.38. The summed E-state index contributed by atoms with van der Waals surface area (Å²) >= 11 is 6.11. The van der Waals surface area contributed by atoms with Crippen molar-refractivity contribution in [3.05, 3.63) is 46.6 Å². The Balaban J connectivity index is 2.68. The van der Waals surface area contributed by atoms with E-state index >= 15 is 0 Å². The molecule has 0 aliphatic rings. The number of halogens is 1. The average Bonchev–Trinajstić information content (AvgIpc) is 2.33. The molecule has 16 heavy (non-hydrogen) atoms. The number of benzene rings is 1. The molecule has 2 N–H and O–H groups in total. The summed E-state index contributed by atoms with van der Waals surface area (Å²) in [5, 5.41) is 1.70. The first-order valence-corrected chi connectivity index (χ1v) is 5.50. The van der Waals surface area contributed by atoms with Crippen LogP contribution in [0.15, 0.2) is 36.0 Å². The van der Waals surface area contributed by atoms with Crippen molar-refractivity contribution in [2.45, 2.75) is 6.92 Å². The van der Waals surface area contributed by atoms with E-state index in [4.69, 9.17) is 17.3 Å². The van der Waals surface area contributed by atoms with Gasteiger partial charge >= 0.3 is 0 Å². The highest BCUT2D eigenvalue weighted by atomic mass is 35.5. The molecule has 0 spiro atoms. The van der Waals surface area contributed by atoms with E-state index < -0.39 is 0 Å². The average molecular weight is 233 g/mol. The van der Waals surface area contributed by atoms with Crippen LogP contribution in [0.5, 0.6) is 0 Å². The van der Waals surface area contributed by atoms with Crippen molar-refractivity contribution < 1.29 is 0 Å². The van der Waals surface area contributed by atoms with Gasteiger partial charge in [0.1, 0.15) is 0 Å². The second kappa shape index (κ2) is 4.64. The molecule has 0 unspecified atom stereocenters. The van der Waals surface area contributed by atoms with Crippen LogP contribution in [-0.4, -0.2) is 11.5 Å². The van der Waals surface area contributed by atoms with Gasteiger partial charge in [-0.1, -0.05) is 29.3 Å². The lowest BCUT2D eigenvalue weighted by Crippen LogP contribution is -1.99. The van der Waals surface area contributed by atoms with Gasteiger partial charge in [-0.2, -0.15) is 0 Å². The van der Waals surface area contributed by atoms with Gasteiger partial charge in [0.25, 0.3) is 0 Å². The predicted octanol–water partition coefficient (Wildman–Crippen LogP) is 3.25. The van der Waals surface area contributed by atoms with Crippen LogP contribution in [-0.2, 0) is 0 Å². The third kappa shape index (κ3) is 2.08. The number of rotatable bonds is 2. The Morgan fingerprint density at radius 2 is 2.25 bits per heavy atom. The third-order valence-corrected chi connectivity index (χ3v) is 2.80. The van der Waals surface area contributed by atoms with E-state index in [-0.39, 0.29) is 0 Å². The molecule has 1 heterocycles. The van der Waals surface area contributed by atoms with Gasteiger partial charge in [-0.05, 0) is 25.1 Å². The monoisotopic (exact) mass is 232 g/mol. The zero-order valence-corrected chi connectivity index (χ0v) is 9.83. The summed E-state index contributed by atoms with van der Waals surface area (Å²) in [6, 6.07) is 7.72. The van der Waals surface area contributed by atoms with Crippen molar-refractivity contribution in [2.75, 3.05) is 6.54 Å². The Labute approximate surface area is 99.7 Å². The quantitative estimate of drug-likeness (QED) is 0.863. The standard InChI is InChI=1S/C13H13ClN2/c1-9(8-15)7-10-4-5-12(14)11-3-2-6-16-13(10)11/h2-7H,8,15H2,1H3/b9-7-. The number of aromatic nitrogens is 1. The minimum Gasteiger partial charge on any atom is -0.327 e. The van der Waals surface area contributed by atoms with Gasteiger partial charge in [-0.15, -0.1) is 0 Å². The molecule has 3 heteroatoms. The summed E-state index contributed by atoms with van der Waals surface area (Å²) in [4.78, 5) is 4.36. The zero-order chi connectivity index (χ0) is 11.5. The van der Waals surface area contributed by atoms with Crippen LogP contribution in [0.4, 0.5) is 0 Å². The molecule has 2 nitrogen and oxygen atoms in total. The zero-order valence-electron chi connectivity index (χ0n) is 9.07. The van der Waals surface area contributed by atoms with E-state index in [2.05, 4.69) is 4.98 Å². The molecule has 0 fully saturated rings. The van der Waals surface area contributed by atoms with E-state index in [1.54, 1.807) is 6.20 Å². The minimum atomic E-state index is 0.553. The van der Waals surface area contributed by atoms with Crippen molar-refractivity contribution in [3.63, 3.8) is 0 Å². The molecule has 82 valence electrons. The number of nitrogens with two attached hydrogens (primary N) is 1. The van der Waals surface area contributed by atoms with Gasteiger partial charge in [-0.25, -0.2) is 0 Å². The Bertz CT molecular complexity index is 547. The number of hydrogen-bond acceptors (Lipinski definition) is 2. The molecule has 0 atom stereocenters. The molecule has 1 aromatic heterocycles. The maximum Gasteiger partial charge on any atom is 0.0789 e. The number of hydrogen-bond donors (Lipinski definition) is 1. The van der Waals surface area contributed by atoms with Gasteiger partial charge in [0.15, 0.2) is 0 Å². The highest BCUT2D eigenvalue weighted by Gasteiger charge is 2.03. The van der Waals surface area contributed by atoms with Crippen molar-refractivity contribution in [2.24, 2.45) is 5.73 Å². The van der Waals surface area contributed by atoms with E-state index in [1.807, 2.05) is 37.3 Å². The van der Waals surface area contributed by atoms with Crippen LogP contribution in [0, 0.1) is 0 Å². The summed E-state index contributed by atoms with van der Waals surface area (Å²) in [7, 11) is 0. The van der Waals surface area contributed by atoms with Crippen molar-refractivity contribution in [1.29, 1.82) is 0 Å². The molecule has 2 rings (SSSR count). The maximum absolute atomic E-state index is 6.11. The smallest absolute Gasteiger partial charge is 0.0789 e. The number of pyridine rings is 1. The van der Waals surface area contributed by atoms with Gasteiger partial charge in [0.05, 0.1) is 10.5 Å². The summed E-state index contributed by atoms with van der Waals surface area (Å²) in [5.74, 6) is 0. The van der Waals surface area contributed by atoms with E-state index in [0.717, 1.165) is 27.1 Å². The van der Waals surface area contributed by atoms with E-state index in [0.29, 0.717) is 6.54 Å². The largest absolute Gasteiger partial charge is 0.327 e.